The fourth-order valence-corrected chi connectivity index (χ4v) is 2.17. The molecule has 0 heterocycles. The molecule has 0 bridgehead atoms. The molecule has 0 saturated carbocycles. The molecule has 1 aromatic rings. The summed E-state index contributed by atoms with van der Waals surface area (Å²) in [5, 5.41) is 12.8. The minimum Gasteiger partial charge on any atom is -0.393 e. The summed E-state index contributed by atoms with van der Waals surface area (Å²) in [6.45, 7) is 9.05. The van der Waals surface area contributed by atoms with Crippen LogP contribution in [0.2, 0.25) is 0 Å². The second-order valence-corrected chi connectivity index (χ2v) is 5.36. The van der Waals surface area contributed by atoms with E-state index in [1.165, 1.54) is 23.2 Å². The quantitative estimate of drug-likeness (QED) is 0.709. The summed E-state index contributed by atoms with van der Waals surface area (Å²) >= 11 is 0. The monoisotopic (exact) mass is 264 g/mol. The van der Waals surface area contributed by atoms with Crippen LogP contribution >= 0.6 is 0 Å². The maximum absolute atomic E-state index is 9.35. The van der Waals surface area contributed by atoms with Crippen LogP contribution in [0.1, 0.15) is 37.8 Å². The molecule has 2 N–H and O–H groups in total. The average Bonchev–Trinajstić information content (AvgIpc) is 2.36. The molecule has 0 radical (unpaired) electrons. The van der Waals surface area contributed by atoms with E-state index in [2.05, 4.69) is 49.3 Å². The summed E-state index contributed by atoms with van der Waals surface area (Å²) in [5.74, 6) is 0. The van der Waals surface area contributed by atoms with Crippen LogP contribution in [0.5, 0.6) is 0 Å². The molecule has 1 unspecified atom stereocenters. The molecule has 3 nitrogen and oxygen atoms in total. The Morgan fingerprint density at radius 1 is 1.37 bits per heavy atom. The molecular formula is C16H28N2O. The number of anilines is 1. The first-order valence-electron chi connectivity index (χ1n) is 7.24. The standard InChI is InChI=1S/C16H28N2O/c1-5-9-17-12-15-6-7-16(13(2)11-15)18(4)10-8-14(3)19/h6-7,11,14,17,19H,5,8-10,12H2,1-4H3. The lowest BCUT2D eigenvalue weighted by molar-refractivity contribution is 0.187. The molecule has 0 aliphatic rings. The van der Waals surface area contributed by atoms with Crippen LogP contribution in [0, 0.1) is 6.92 Å². The fraction of sp³-hybridized carbons (Fsp3) is 0.625. The Kier molecular flexibility index (Phi) is 6.89. The highest BCUT2D eigenvalue weighted by molar-refractivity contribution is 5.53. The number of hydrogen-bond donors (Lipinski definition) is 2. The molecule has 0 amide bonds. The SMILES string of the molecule is CCCNCc1ccc(N(C)CCC(C)O)c(C)c1. The van der Waals surface area contributed by atoms with Crippen molar-refractivity contribution in [3.8, 4) is 0 Å². The number of rotatable bonds is 8. The zero-order valence-electron chi connectivity index (χ0n) is 12.7. The molecule has 0 fully saturated rings. The Morgan fingerprint density at radius 2 is 2.11 bits per heavy atom. The summed E-state index contributed by atoms with van der Waals surface area (Å²) in [6.07, 6.45) is 1.73. The van der Waals surface area contributed by atoms with Crippen molar-refractivity contribution in [1.82, 2.24) is 5.32 Å². The summed E-state index contributed by atoms with van der Waals surface area (Å²) in [7, 11) is 2.08. The van der Waals surface area contributed by atoms with Gasteiger partial charge in [-0.05, 0) is 50.4 Å². The zero-order chi connectivity index (χ0) is 14.3. The van der Waals surface area contributed by atoms with Crippen LogP contribution < -0.4 is 10.2 Å². The highest BCUT2D eigenvalue weighted by atomic mass is 16.3. The molecule has 0 saturated heterocycles. The Balaban J connectivity index is 2.60. The second kappa shape index (κ2) is 8.18. The van der Waals surface area contributed by atoms with Crippen molar-refractivity contribution in [2.75, 3.05) is 25.0 Å². The lowest BCUT2D eigenvalue weighted by Gasteiger charge is -2.22. The van der Waals surface area contributed by atoms with Gasteiger partial charge in [0.25, 0.3) is 0 Å². The number of nitrogens with zero attached hydrogens (tertiary/aromatic N) is 1. The Hall–Kier alpha value is -1.06. The van der Waals surface area contributed by atoms with E-state index in [4.69, 9.17) is 0 Å². The minimum atomic E-state index is -0.236. The van der Waals surface area contributed by atoms with E-state index in [-0.39, 0.29) is 6.10 Å². The van der Waals surface area contributed by atoms with Crippen LogP contribution in [0.25, 0.3) is 0 Å². The maximum Gasteiger partial charge on any atom is 0.0528 e. The van der Waals surface area contributed by atoms with E-state index < -0.39 is 0 Å². The minimum absolute atomic E-state index is 0.236. The first-order chi connectivity index (χ1) is 9.04. The number of aliphatic hydroxyl groups is 1. The smallest absolute Gasteiger partial charge is 0.0528 e. The van der Waals surface area contributed by atoms with Crippen LogP contribution in [0.3, 0.4) is 0 Å². The summed E-state index contributed by atoms with van der Waals surface area (Å²) in [5.41, 5.74) is 3.88. The number of nitrogens with one attached hydrogen (secondary N) is 1. The molecule has 1 atom stereocenters. The van der Waals surface area contributed by atoms with Crippen molar-refractivity contribution in [3.05, 3.63) is 29.3 Å². The van der Waals surface area contributed by atoms with Gasteiger partial charge in [-0.1, -0.05) is 19.1 Å². The molecule has 0 spiro atoms. The molecule has 0 aliphatic heterocycles. The van der Waals surface area contributed by atoms with Gasteiger partial charge in [0.15, 0.2) is 0 Å². The average molecular weight is 264 g/mol. The van der Waals surface area contributed by atoms with E-state index in [1.807, 2.05) is 6.92 Å². The molecule has 0 aromatic heterocycles. The van der Waals surface area contributed by atoms with Gasteiger partial charge in [0.2, 0.25) is 0 Å². The molecule has 3 heteroatoms. The molecule has 19 heavy (non-hydrogen) atoms. The molecule has 0 aliphatic carbocycles. The lowest BCUT2D eigenvalue weighted by Crippen LogP contribution is -2.22. The summed E-state index contributed by atoms with van der Waals surface area (Å²) in [4.78, 5) is 2.21. The highest BCUT2D eigenvalue weighted by Crippen LogP contribution is 2.20. The molecule has 1 rings (SSSR count). The van der Waals surface area contributed by atoms with Crippen molar-refractivity contribution >= 4 is 5.69 Å². The van der Waals surface area contributed by atoms with Gasteiger partial charge in [0.05, 0.1) is 6.10 Å². The zero-order valence-corrected chi connectivity index (χ0v) is 12.7. The number of hydrogen-bond acceptors (Lipinski definition) is 3. The summed E-state index contributed by atoms with van der Waals surface area (Å²) < 4.78 is 0. The molecule has 108 valence electrons. The highest BCUT2D eigenvalue weighted by Gasteiger charge is 2.06. The number of aliphatic hydroxyl groups excluding tert-OH is 1. The lowest BCUT2D eigenvalue weighted by atomic mass is 10.1. The largest absolute Gasteiger partial charge is 0.393 e. The van der Waals surface area contributed by atoms with Crippen molar-refractivity contribution in [2.45, 2.75) is 46.3 Å². The second-order valence-electron chi connectivity index (χ2n) is 5.36. The van der Waals surface area contributed by atoms with E-state index in [0.29, 0.717) is 0 Å². The van der Waals surface area contributed by atoms with E-state index >= 15 is 0 Å². The van der Waals surface area contributed by atoms with Crippen molar-refractivity contribution < 1.29 is 5.11 Å². The third kappa shape index (κ3) is 5.62. The van der Waals surface area contributed by atoms with Gasteiger partial charge < -0.3 is 15.3 Å². The first-order valence-corrected chi connectivity index (χ1v) is 7.24. The predicted octanol–water partition coefficient (Wildman–Crippen LogP) is 2.70. The van der Waals surface area contributed by atoms with E-state index in [9.17, 15) is 5.11 Å². The van der Waals surface area contributed by atoms with Gasteiger partial charge in [0, 0.05) is 25.8 Å². The molecular weight excluding hydrogens is 236 g/mol. The predicted molar refractivity (Wildman–Crippen MR) is 82.7 cm³/mol. The Labute approximate surface area is 117 Å². The summed E-state index contributed by atoms with van der Waals surface area (Å²) in [6, 6.07) is 6.61. The van der Waals surface area contributed by atoms with Crippen LogP contribution in [0.4, 0.5) is 5.69 Å². The van der Waals surface area contributed by atoms with E-state index in [1.54, 1.807) is 0 Å². The van der Waals surface area contributed by atoms with Crippen LogP contribution in [0.15, 0.2) is 18.2 Å². The van der Waals surface area contributed by atoms with Crippen LogP contribution in [-0.2, 0) is 6.54 Å². The van der Waals surface area contributed by atoms with Crippen LogP contribution in [-0.4, -0.2) is 31.3 Å². The number of benzene rings is 1. The Morgan fingerprint density at radius 3 is 2.68 bits per heavy atom. The van der Waals surface area contributed by atoms with Gasteiger partial charge in [-0.25, -0.2) is 0 Å². The van der Waals surface area contributed by atoms with Gasteiger partial charge in [-0.3, -0.25) is 0 Å². The fourth-order valence-electron chi connectivity index (χ4n) is 2.17. The van der Waals surface area contributed by atoms with E-state index in [0.717, 1.165) is 26.1 Å². The Bertz CT molecular complexity index is 377. The molecule has 1 aromatic carbocycles. The van der Waals surface area contributed by atoms with Gasteiger partial charge in [0.1, 0.15) is 0 Å². The van der Waals surface area contributed by atoms with Gasteiger partial charge in [-0.2, -0.15) is 0 Å². The topological polar surface area (TPSA) is 35.5 Å². The van der Waals surface area contributed by atoms with Crippen molar-refractivity contribution in [2.24, 2.45) is 0 Å². The van der Waals surface area contributed by atoms with Gasteiger partial charge in [-0.15, -0.1) is 0 Å². The first kappa shape index (κ1) is 16.0. The van der Waals surface area contributed by atoms with Crippen molar-refractivity contribution in [1.29, 1.82) is 0 Å². The maximum atomic E-state index is 9.35. The van der Waals surface area contributed by atoms with Crippen molar-refractivity contribution in [3.63, 3.8) is 0 Å². The normalized spacial score (nSPS) is 12.5. The third-order valence-corrected chi connectivity index (χ3v) is 3.31. The van der Waals surface area contributed by atoms with Gasteiger partial charge >= 0.3 is 0 Å². The third-order valence-electron chi connectivity index (χ3n) is 3.31. The number of aryl methyl sites for hydroxylation is 1.